The van der Waals surface area contributed by atoms with Gasteiger partial charge in [-0.3, -0.25) is 0 Å². The molecule has 19 heavy (non-hydrogen) atoms. The molecule has 1 aromatic rings. The SMILES string of the molecule is c1cc[c]([SnH]([CH]2CCCCC2)[CH]2CCCCC2)cc1. The van der Waals surface area contributed by atoms with Crippen LogP contribution in [0.5, 0.6) is 0 Å². The summed E-state index contributed by atoms with van der Waals surface area (Å²) < 4.78 is 4.21. The van der Waals surface area contributed by atoms with Gasteiger partial charge in [0.1, 0.15) is 0 Å². The van der Waals surface area contributed by atoms with Crippen molar-refractivity contribution in [3.05, 3.63) is 30.3 Å². The Labute approximate surface area is 125 Å². The van der Waals surface area contributed by atoms with Crippen molar-refractivity contribution in [1.29, 1.82) is 0 Å². The first-order chi connectivity index (χ1) is 9.45. The fourth-order valence-corrected chi connectivity index (χ4v) is 18.6. The van der Waals surface area contributed by atoms with Crippen LogP contribution in [0, 0.1) is 0 Å². The molecule has 0 unspecified atom stereocenters. The fraction of sp³-hybridized carbons (Fsp3) is 0.667. The van der Waals surface area contributed by atoms with E-state index in [0.717, 1.165) is 0 Å². The van der Waals surface area contributed by atoms with E-state index >= 15 is 0 Å². The van der Waals surface area contributed by atoms with E-state index in [1.54, 1.807) is 25.7 Å². The molecule has 1 heteroatoms. The molecule has 2 saturated carbocycles. The molecular formula is C18H28Sn. The Bertz CT molecular complexity index is 343. The third kappa shape index (κ3) is 3.56. The van der Waals surface area contributed by atoms with Gasteiger partial charge in [0.2, 0.25) is 0 Å². The zero-order chi connectivity index (χ0) is 12.9. The van der Waals surface area contributed by atoms with Gasteiger partial charge in [-0.1, -0.05) is 0 Å². The summed E-state index contributed by atoms with van der Waals surface area (Å²) in [5.74, 6) is 0. The predicted molar refractivity (Wildman–Crippen MR) is 86.9 cm³/mol. The first kappa shape index (κ1) is 14.0. The van der Waals surface area contributed by atoms with E-state index in [4.69, 9.17) is 0 Å². The number of hydrogen-bond donors (Lipinski definition) is 0. The van der Waals surface area contributed by atoms with Crippen LogP contribution in [0.15, 0.2) is 30.3 Å². The van der Waals surface area contributed by atoms with Gasteiger partial charge in [-0.15, -0.1) is 0 Å². The molecule has 0 aliphatic heterocycles. The maximum absolute atomic E-state index is 2.49. The number of benzene rings is 1. The average Bonchev–Trinajstić information content (AvgIpc) is 2.51. The summed E-state index contributed by atoms with van der Waals surface area (Å²) in [5, 5.41) is 0. The molecule has 0 atom stereocenters. The second-order valence-electron chi connectivity index (χ2n) is 6.73. The third-order valence-corrected chi connectivity index (χ3v) is 18.4. The Morgan fingerprint density at radius 3 is 1.58 bits per heavy atom. The van der Waals surface area contributed by atoms with Crippen LogP contribution < -0.4 is 3.58 Å². The van der Waals surface area contributed by atoms with Gasteiger partial charge in [0.25, 0.3) is 0 Å². The minimum absolute atomic E-state index is 1.18. The maximum atomic E-state index is 2.49. The van der Waals surface area contributed by atoms with Crippen LogP contribution in [0.25, 0.3) is 0 Å². The van der Waals surface area contributed by atoms with Gasteiger partial charge in [0, 0.05) is 0 Å². The first-order valence-corrected chi connectivity index (χ1v) is 14.0. The molecule has 0 N–H and O–H groups in total. The van der Waals surface area contributed by atoms with Gasteiger partial charge in [-0.25, -0.2) is 0 Å². The van der Waals surface area contributed by atoms with Crippen molar-refractivity contribution in [2.75, 3.05) is 0 Å². The molecule has 0 saturated heterocycles. The number of hydrogen-bond acceptors (Lipinski definition) is 0. The molecule has 2 fully saturated rings. The zero-order valence-corrected chi connectivity index (χ0v) is 15.5. The van der Waals surface area contributed by atoms with Crippen LogP contribution in [0.4, 0.5) is 0 Å². The van der Waals surface area contributed by atoms with Crippen LogP contribution in [0.3, 0.4) is 0 Å². The molecule has 0 bridgehead atoms. The van der Waals surface area contributed by atoms with Gasteiger partial charge < -0.3 is 0 Å². The summed E-state index contributed by atoms with van der Waals surface area (Å²) in [7, 11) is 0. The van der Waals surface area contributed by atoms with Crippen molar-refractivity contribution in [1.82, 2.24) is 0 Å². The summed E-state index contributed by atoms with van der Waals surface area (Å²) in [6.07, 6.45) is 15.4. The molecule has 0 spiro atoms. The normalized spacial score (nSPS) is 22.8. The number of rotatable bonds is 3. The molecule has 0 nitrogen and oxygen atoms in total. The van der Waals surface area contributed by atoms with E-state index in [1.165, 1.54) is 46.4 Å². The molecule has 2 aliphatic rings. The van der Waals surface area contributed by atoms with E-state index < -0.39 is 19.8 Å². The van der Waals surface area contributed by atoms with E-state index in [9.17, 15) is 0 Å². The van der Waals surface area contributed by atoms with Gasteiger partial charge >= 0.3 is 126 Å². The van der Waals surface area contributed by atoms with Gasteiger partial charge in [0.05, 0.1) is 0 Å². The molecule has 3 rings (SSSR count). The summed E-state index contributed by atoms with van der Waals surface area (Å²) in [6.45, 7) is 0. The van der Waals surface area contributed by atoms with Crippen molar-refractivity contribution in [3.63, 3.8) is 0 Å². The fourth-order valence-electron chi connectivity index (χ4n) is 4.59. The second kappa shape index (κ2) is 7.15. The molecule has 0 heterocycles. The summed E-state index contributed by atoms with van der Waals surface area (Å²) in [4.78, 5) is 0. The topological polar surface area (TPSA) is 0 Å². The van der Waals surface area contributed by atoms with Crippen molar-refractivity contribution in [3.8, 4) is 0 Å². The average molecular weight is 363 g/mol. The molecule has 1 aromatic carbocycles. The molecule has 2 aliphatic carbocycles. The Morgan fingerprint density at radius 1 is 0.632 bits per heavy atom. The summed E-state index contributed by atoms with van der Waals surface area (Å²) in [6, 6.07) is 11.8. The van der Waals surface area contributed by atoms with Crippen LogP contribution >= 0.6 is 0 Å². The van der Waals surface area contributed by atoms with Crippen molar-refractivity contribution in [2.45, 2.75) is 72.1 Å². The van der Waals surface area contributed by atoms with E-state index in [-0.39, 0.29) is 0 Å². The Morgan fingerprint density at radius 2 is 1.11 bits per heavy atom. The zero-order valence-electron chi connectivity index (χ0n) is 12.2. The monoisotopic (exact) mass is 364 g/mol. The first-order valence-electron chi connectivity index (χ1n) is 8.50. The predicted octanol–water partition coefficient (Wildman–Crippen LogP) is 4.79. The Hall–Kier alpha value is 0.0187. The second-order valence-corrected chi connectivity index (χ2v) is 17.0. The quantitative estimate of drug-likeness (QED) is 0.678. The van der Waals surface area contributed by atoms with Crippen molar-refractivity contribution < 1.29 is 0 Å². The van der Waals surface area contributed by atoms with Crippen LogP contribution in [-0.4, -0.2) is 19.8 Å². The van der Waals surface area contributed by atoms with Crippen LogP contribution in [0.1, 0.15) is 64.2 Å². The third-order valence-electron chi connectivity index (χ3n) is 5.50. The molecule has 0 amide bonds. The molecular weight excluding hydrogens is 335 g/mol. The van der Waals surface area contributed by atoms with E-state index in [1.807, 2.05) is 3.58 Å². The van der Waals surface area contributed by atoms with Crippen molar-refractivity contribution in [2.24, 2.45) is 0 Å². The van der Waals surface area contributed by atoms with Gasteiger partial charge in [0.15, 0.2) is 0 Å². The van der Waals surface area contributed by atoms with E-state index in [2.05, 4.69) is 30.3 Å². The Kier molecular flexibility index (Phi) is 5.26. The molecule has 0 radical (unpaired) electrons. The standard InChI is InChI=1S/2C6H11.C6H5.Sn.H/c3*1-2-4-6-5-3-1;;/h2*1H,2-6H2;1-5H;;. The minimum atomic E-state index is -1.58. The van der Waals surface area contributed by atoms with Crippen LogP contribution in [-0.2, 0) is 0 Å². The van der Waals surface area contributed by atoms with Gasteiger partial charge in [-0.2, -0.15) is 0 Å². The van der Waals surface area contributed by atoms with Crippen molar-refractivity contribution >= 4 is 23.3 Å². The summed E-state index contributed by atoms with van der Waals surface area (Å²) >= 11 is -1.58. The molecule has 104 valence electrons. The van der Waals surface area contributed by atoms with Crippen LogP contribution in [0.2, 0.25) is 7.87 Å². The summed E-state index contributed by atoms with van der Waals surface area (Å²) in [5.41, 5.74) is 0. The van der Waals surface area contributed by atoms with E-state index in [0.29, 0.717) is 0 Å². The van der Waals surface area contributed by atoms with Gasteiger partial charge in [-0.05, 0) is 0 Å². The molecule has 0 aromatic heterocycles. The Balaban J connectivity index is 1.81.